The van der Waals surface area contributed by atoms with Gasteiger partial charge < -0.3 is 19.4 Å². The van der Waals surface area contributed by atoms with E-state index in [0.717, 1.165) is 25.2 Å². The second kappa shape index (κ2) is 6.43. The number of benzene rings is 1. The van der Waals surface area contributed by atoms with Crippen LogP contribution in [-0.2, 0) is 4.74 Å². The van der Waals surface area contributed by atoms with E-state index in [0.29, 0.717) is 29.7 Å². The molecule has 1 aliphatic heterocycles. The molecule has 1 aromatic carbocycles. The molecule has 1 unspecified atom stereocenters. The van der Waals surface area contributed by atoms with Crippen molar-refractivity contribution in [3.8, 4) is 11.5 Å². The summed E-state index contributed by atoms with van der Waals surface area (Å²) in [7, 11) is 1.61. The quantitative estimate of drug-likeness (QED) is 0.504. The number of hydrogen-bond donors (Lipinski definition) is 1. The Labute approximate surface area is 112 Å². The maximum atomic E-state index is 8.90. The normalized spacial score (nSPS) is 19.5. The fourth-order valence-electron chi connectivity index (χ4n) is 2.02. The predicted molar refractivity (Wildman–Crippen MR) is 71.4 cm³/mol. The van der Waals surface area contributed by atoms with E-state index < -0.39 is 0 Å². The zero-order valence-electron chi connectivity index (χ0n) is 11.3. The summed E-state index contributed by atoms with van der Waals surface area (Å²) in [5.41, 5.74) is 1.28. The molecule has 1 aliphatic rings. The Kier molecular flexibility index (Phi) is 4.63. The first-order valence-electron chi connectivity index (χ1n) is 6.32. The Morgan fingerprint density at radius 3 is 3.00 bits per heavy atom. The van der Waals surface area contributed by atoms with Crippen molar-refractivity contribution in [2.24, 2.45) is 11.1 Å². The average molecular weight is 265 g/mol. The van der Waals surface area contributed by atoms with Crippen LogP contribution in [0.3, 0.4) is 0 Å². The zero-order valence-corrected chi connectivity index (χ0v) is 11.3. The van der Waals surface area contributed by atoms with Crippen LogP contribution in [0.15, 0.2) is 23.4 Å². The van der Waals surface area contributed by atoms with Crippen molar-refractivity contribution in [1.29, 1.82) is 0 Å². The zero-order chi connectivity index (χ0) is 13.7. The van der Waals surface area contributed by atoms with Gasteiger partial charge in [-0.3, -0.25) is 0 Å². The molecule has 19 heavy (non-hydrogen) atoms. The van der Waals surface area contributed by atoms with Gasteiger partial charge in [-0.25, -0.2) is 0 Å². The molecule has 5 heteroatoms. The highest BCUT2D eigenvalue weighted by Crippen LogP contribution is 2.26. The third-order valence-electron chi connectivity index (χ3n) is 3.23. The minimum absolute atomic E-state index is 0.422. The first-order chi connectivity index (χ1) is 9.24. The molecule has 0 radical (unpaired) electrons. The largest absolute Gasteiger partial charge is 0.497 e. The second-order valence-corrected chi connectivity index (χ2v) is 4.59. The van der Waals surface area contributed by atoms with E-state index in [-0.39, 0.29) is 0 Å². The van der Waals surface area contributed by atoms with Crippen LogP contribution in [0.4, 0.5) is 0 Å². The highest BCUT2D eigenvalue weighted by molar-refractivity contribution is 6.00. The van der Waals surface area contributed by atoms with E-state index in [1.165, 1.54) is 0 Å². The maximum Gasteiger partial charge on any atom is 0.132 e. The molecule has 1 heterocycles. The van der Waals surface area contributed by atoms with Gasteiger partial charge in [0.2, 0.25) is 0 Å². The molecule has 1 saturated heterocycles. The molecule has 0 aliphatic carbocycles. The van der Waals surface area contributed by atoms with Gasteiger partial charge >= 0.3 is 0 Å². The Balaban J connectivity index is 2.14. The second-order valence-electron chi connectivity index (χ2n) is 4.59. The third-order valence-corrected chi connectivity index (χ3v) is 3.23. The smallest absolute Gasteiger partial charge is 0.132 e. The van der Waals surface area contributed by atoms with E-state index >= 15 is 0 Å². The van der Waals surface area contributed by atoms with Gasteiger partial charge in [-0.15, -0.1) is 0 Å². The number of rotatable bonds is 5. The molecule has 1 N–H and O–H groups in total. The molecule has 104 valence electrons. The number of nitrogens with zero attached hydrogens (tertiary/aromatic N) is 1. The van der Waals surface area contributed by atoms with Crippen LogP contribution in [0.5, 0.6) is 11.5 Å². The van der Waals surface area contributed by atoms with E-state index in [9.17, 15) is 0 Å². The summed E-state index contributed by atoms with van der Waals surface area (Å²) in [6, 6.07) is 5.45. The molecule has 0 spiro atoms. The van der Waals surface area contributed by atoms with E-state index in [1.807, 2.05) is 12.1 Å². The molecule has 0 aromatic heterocycles. The number of oxime groups is 1. The summed E-state index contributed by atoms with van der Waals surface area (Å²) in [6.45, 7) is 3.87. The Morgan fingerprint density at radius 1 is 1.53 bits per heavy atom. The van der Waals surface area contributed by atoms with Gasteiger partial charge in [0.15, 0.2) is 0 Å². The Bertz CT molecular complexity index is 453. The van der Waals surface area contributed by atoms with Crippen LogP contribution in [0.25, 0.3) is 0 Å². The number of ether oxygens (including phenoxy) is 3. The summed E-state index contributed by atoms with van der Waals surface area (Å²) in [6.07, 6.45) is 1.02. The first-order valence-corrected chi connectivity index (χ1v) is 6.32. The predicted octanol–water partition coefficient (Wildman–Crippen LogP) is 2.31. The lowest BCUT2D eigenvalue weighted by atomic mass is 10.1. The van der Waals surface area contributed by atoms with Crippen molar-refractivity contribution in [3.05, 3.63) is 23.8 Å². The minimum atomic E-state index is 0.422. The van der Waals surface area contributed by atoms with Gasteiger partial charge in [-0.05, 0) is 25.5 Å². The standard InChI is InChI=1S/C14H19NO4/c1-10(15-16)13-4-3-12(17-2)7-14(13)19-9-11-5-6-18-8-11/h3-4,7,11,16H,5-6,8-9H2,1-2H3/b15-10+. The van der Waals surface area contributed by atoms with Crippen molar-refractivity contribution in [2.45, 2.75) is 13.3 Å². The SMILES string of the molecule is COc1ccc(/C(C)=N/O)c(OCC2CCOC2)c1. The molecular weight excluding hydrogens is 246 g/mol. The van der Waals surface area contributed by atoms with Crippen molar-refractivity contribution in [2.75, 3.05) is 26.9 Å². The summed E-state index contributed by atoms with van der Waals surface area (Å²) in [4.78, 5) is 0. The highest BCUT2D eigenvalue weighted by Gasteiger charge is 2.17. The Hall–Kier alpha value is -1.75. The van der Waals surface area contributed by atoms with Crippen molar-refractivity contribution < 1.29 is 19.4 Å². The molecule has 1 aromatic rings. The monoisotopic (exact) mass is 265 g/mol. The summed E-state index contributed by atoms with van der Waals surface area (Å²) in [5.74, 6) is 1.80. The summed E-state index contributed by atoms with van der Waals surface area (Å²) >= 11 is 0. The molecule has 0 saturated carbocycles. The molecule has 5 nitrogen and oxygen atoms in total. The minimum Gasteiger partial charge on any atom is -0.497 e. The fraction of sp³-hybridized carbons (Fsp3) is 0.500. The third kappa shape index (κ3) is 3.38. The van der Waals surface area contributed by atoms with Crippen LogP contribution < -0.4 is 9.47 Å². The van der Waals surface area contributed by atoms with Crippen molar-refractivity contribution in [3.63, 3.8) is 0 Å². The molecule has 1 fully saturated rings. The van der Waals surface area contributed by atoms with Crippen LogP contribution in [0.1, 0.15) is 18.9 Å². The van der Waals surface area contributed by atoms with Gasteiger partial charge in [-0.2, -0.15) is 0 Å². The van der Waals surface area contributed by atoms with Gasteiger partial charge in [0.1, 0.15) is 11.5 Å². The van der Waals surface area contributed by atoms with E-state index in [1.54, 1.807) is 20.1 Å². The van der Waals surface area contributed by atoms with Gasteiger partial charge in [0.05, 0.1) is 26.0 Å². The Morgan fingerprint density at radius 2 is 2.37 bits per heavy atom. The van der Waals surface area contributed by atoms with Crippen LogP contribution >= 0.6 is 0 Å². The lowest BCUT2D eigenvalue weighted by Crippen LogP contribution is -2.13. The first kappa shape index (κ1) is 13.7. The highest BCUT2D eigenvalue weighted by atomic mass is 16.5. The van der Waals surface area contributed by atoms with Crippen LogP contribution in [0.2, 0.25) is 0 Å². The average Bonchev–Trinajstić information content (AvgIpc) is 2.97. The molecule has 1 atom stereocenters. The van der Waals surface area contributed by atoms with Crippen LogP contribution in [-0.4, -0.2) is 37.8 Å². The van der Waals surface area contributed by atoms with Crippen molar-refractivity contribution >= 4 is 5.71 Å². The van der Waals surface area contributed by atoms with Gasteiger partial charge in [0, 0.05) is 24.2 Å². The lowest BCUT2D eigenvalue weighted by Gasteiger charge is -2.14. The number of methoxy groups -OCH3 is 1. The van der Waals surface area contributed by atoms with Crippen molar-refractivity contribution in [1.82, 2.24) is 0 Å². The maximum absolute atomic E-state index is 8.90. The van der Waals surface area contributed by atoms with Gasteiger partial charge in [0.25, 0.3) is 0 Å². The molecular formula is C14H19NO4. The number of hydrogen-bond acceptors (Lipinski definition) is 5. The van der Waals surface area contributed by atoms with E-state index in [4.69, 9.17) is 19.4 Å². The molecule has 0 bridgehead atoms. The lowest BCUT2D eigenvalue weighted by molar-refractivity contribution is 0.167. The topological polar surface area (TPSA) is 60.3 Å². The molecule has 0 amide bonds. The van der Waals surface area contributed by atoms with Crippen LogP contribution in [0, 0.1) is 5.92 Å². The summed E-state index contributed by atoms with van der Waals surface area (Å²) in [5, 5.41) is 12.1. The summed E-state index contributed by atoms with van der Waals surface area (Å²) < 4.78 is 16.3. The molecule has 2 rings (SSSR count). The van der Waals surface area contributed by atoms with Gasteiger partial charge in [-0.1, -0.05) is 5.16 Å². The van der Waals surface area contributed by atoms with E-state index in [2.05, 4.69) is 5.16 Å². The fourth-order valence-corrected chi connectivity index (χ4v) is 2.02.